The SMILES string of the molecule is CC1=C(CCC(C)(O)C(=O)O)C(=O)C(C)(O)C(C)(O)C1=O. The van der Waals surface area contributed by atoms with Crippen molar-refractivity contribution in [1.29, 1.82) is 0 Å². The Balaban J connectivity index is 3.18. The molecule has 0 radical (unpaired) electrons. The Morgan fingerprint density at radius 2 is 1.57 bits per heavy atom. The summed E-state index contributed by atoms with van der Waals surface area (Å²) >= 11 is 0. The number of Topliss-reactive ketones (excluding diaryl/α,β-unsaturated/α-hetero) is 2. The quantitative estimate of drug-likeness (QED) is 0.554. The maximum absolute atomic E-state index is 12.3. The molecular weight excluding hydrogens is 280 g/mol. The molecule has 0 fully saturated rings. The Hall–Kier alpha value is -1.57. The lowest BCUT2D eigenvalue weighted by molar-refractivity contribution is -0.173. The van der Waals surface area contributed by atoms with Crippen molar-refractivity contribution in [2.75, 3.05) is 0 Å². The summed E-state index contributed by atoms with van der Waals surface area (Å²) in [5.41, 5.74) is -6.69. The lowest BCUT2D eigenvalue weighted by Gasteiger charge is -2.41. The van der Waals surface area contributed by atoms with Crippen LogP contribution in [-0.4, -0.2) is 54.8 Å². The second kappa shape index (κ2) is 5.01. The summed E-state index contributed by atoms with van der Waals surface area (Å²) in [6.07, 6.45) is -0.492. The number of carbonyl (C=O) groups is 3. The first kappa shape index (κ1) is 17.5. The molecule has 0 aromatic rings. The summed E-state index contributed by atoms with van der Waals surface area (Å²) in [5.74, 6) is -3.09. The Morgan fingerprint density at radius 1 is 1.14 bits per heavy atom. The van der Waals surface area contributed by atoms with E-state index in [9.17, 15) is 29.7 Å². The van der Waals surface area contributed by atoms with Crippen LogP contribution in [-0.2, 0) is 14.4 Å². The zero-order chi connectivity index (χ0) is 16.8. The predicted octanol–water partition coefficient (Wildman–Crippen LogP) is -0.427. The van der Waals surface area contributed by atoms with E-state index >= 15 is 0 Å². The molecule has 1 aliphatic carbocycles. The second-order valence-corrected chi connectivity index (χ2v) is 5.99. The molecule has 4 N–H and O–H groups in total. The number of carboxylic acid groups (broad SMARTS) is 1. The van der Waals surface area contributed by atoms with E-state index in [0.29, 0.717) is 0 Å². The van der Waals surface area contributed by atoms with Crippen LogP contribution in [0.3, 0.4) is 0 Å². The minimum Gasteiger partial charge on any atom is -0.479 e. The zero-order valence-electron chi connectivity index (χ0n) is 12.4. The van der Waals surface area contributed by atoms with Crippen molar-refractivity contribution >= 4 is 17.5 Å². The standard InChI is InChI=1S/C14H20O7/c1-7-8(5-6-12(2,19)11(17)18)10(16)14(4,21)13(3,20)9(7)15/h19-21H,5-6H2,1-4H3,(H,17,18). The van der Waals surface area contributed by atoms with Gasteiger partial charge in [0.1, 0.15) is 0 Å². The maximum Gasteiger partial charge on any atom is 0.335 e. The number of carbonyl (C=O) groups excluding carboxylic acids is 2. The molecule has 0 aromatic heterocycles. The van der Waals surface area contributed by atoms with E-state index in [4.69, 9.17) is 5.11 Å². The normalized spacial score (nSPS) is 33.1. The molecule has 7 heteroatoms. The minimum atomic E-state index is -2.30. The third kappa shape index (κ3) is 2.64. The van der Waals surface area contributed by atoms with E-state index in [1.807, 2.05) is 0 Å². The van der Waals surface area contributed by atoms with Crippen molar-refractivity contribution in [3.8, 4) is 0 Å². The lowest BCUT2D eigenvalue weighted by Crippen LogP contribution is -2.63. The van der Waals surface area contributed by atoms with Gasteiger partial charge in [-0.05, 0) is 40.5 Å². The van der Waals surface area contributed by atoms with Crippen molar-refractivity contribution in [2.24, 2.45) is 0 Å². The van der Waals surface area contributed by atoms with E-state index in [2.05, 4.69) is 0 Å². The van der Waals surface area contributed by atoms with Crippen molar-refractivity contribution < 1.29 is 34.8 Å². The molecule has 3 atom stereocenters. The van der Waals surface area contributed by atoms with E-state index in [1.54, 1.807) is 0 Å². The Morgan fingerprint density at radius 3 is 2.00 bits per heavy atom. The molecule has 1 rings (SSSR count). The topological polar surface area (TPSA) is 132 Å². The van der Waals surface area contributed by atoms with Crippen LogP contribution in [0.25, 0.3) is 0 Å². The molecule has 1 aliphatic rings. The van der Waals surface area contributed by atoms with Gasteiger partial charge in [0.05, 0.1) is 0 Å². The van der Waals surface area contributed by atoms with Crippen LogP contribution >= 0.6 is 0 Å². The van der Waals surface area contributed by atoms with Crippen LogP contribution in [0.4, 0.5) is 0 Å². The lowest BCUT2D eigenvalue weighted by atomic mass is 9.68. The monoisotopic (exact) mass is 300 g/mol. The summed E-state index contributed by atoms with van der Waals surface area (Å²) < 4.78 is 0. The van der Waals surface area contributed by atoms with Gasteiger partial charge < -0.3 is 20.4 Å². The fourth-order valence-corrected chi connectivity index (χ4v) is 2.18. The predicted molar refractivity (Wildman–Crippen MR) is 71.5 cm³/mol. The van der Waals surface area contributed by atoms with E-state index < -0.39 is 34.3 Å². The molecule has 21 heavy (non-hydrogen) atoms. The first-order valence-electron chi connectivity index (χ1n) is 6.46. The Bertz CT molecular complexity index is 538. The van der Waals surface area contributed by atoms with Crippen molar-refractivity contribution in [3.05, 3.63) is 11.1 Å². The fraction of sp³-hybridized carbons (Fsp3) is 0.643. The van der Waals surface area contributed by atoms with Gasteiger partial charge in [0.15, 0.2) is 28.4 Å². The second-order valence-electron chi connectivity index (χ2n) is 5.99. The molecule has 0 spiro atoms. The number of hydrogen-bond acceptors (Lipinski definition) is 6. The van der Waals surface area contributed by atoms with Gasteiger partial charge in [-0.1, -0.05) is 0 Å². The number of aliphatic hydroxyl groups is 3. The summed E-state index contributed by atoms with van der Waals surface area (Å²) in [4.78, 5) is 35.2. The Labute approximate surface area is 121 Å². The van der Waals surface area contributed by atoms with E-state index in [1.165, 1.54) is 6.92 Å². The van der Waals surface area contributed by atoms with Crippen LogP contribution < -0.4 is 0 Å². The van der Waals surface area contributed by atoms with Gasteiger partial charge in [0, 0.05) is 11.1 Å². The third-order valence-electron chi connectivity index (χ3n) is 4.22. The molecule has 0 saturated heterocycles. The summed E-state index contributed by atoms with van der Waals surface area (Å²) in [6.45, 7) is 4.50. The fourth-order valence-electron chi connectivity index (χ4n) is 2.18. The van der Waals surface area contributed by atoms with Crippen LogP contribution in [0.1, 0.15) is 40.5 Å². The maximum atomic E-state index is 12.3. The van der Waals surface area contributed by atoms with Gasteiger partial charge >= 0.3 is 5.97 Å². The largest absolute Gasteiger partial charge is 0.479 e. The van der Waals surface area contributed by atoms with Crippen molar-refractivity contribution in [1.82, 2.24) is 0 Å². The molecule has 3 unspecified atom stereocenters. The van der Waals surface area contributed by atoms with Crippen molar-refractivity contribution in [2.45, 2.75) is 57.3 Å². The molecular formula is C14H20O7. The average molecular weight is 300 g/mol. The number of rotatable bonds is 4. The van der Waals surface area contributed by atoms with Gasteiger partial charge in [-0.25, -0.2) is 4.79 Å². The molecule has 0 aliphatic heterocycles. The van der Waals surface area contributed by atoms with Gasteiger partial charge in [0.25, 0.3) is 0 Å². The van der Waals surface area contributed by atoms with Crippen LogP contribution in [0.15, 0.2) is 11.1 Å². The van der Waals surface area contributed by atoms with Crippen LogP contribution in [0.5, 0.6) is 0 Å². The molecule has 7 nitrogen and oxygen atoms in total. The average Bonchev–Trinajstić information content (AvgIpc) is 2.35. The first-order valence-corrected chi connectivity index (χ1v) is 6.46. The van der Waals surface area contributed by atoms with E-state index in [0.717, 1.165) is 20.8 Å². The summed E-state index contributed by atoms with van der Waals surface area (Å²) in [5, 5.41) is 38.7. The highest BCUT2D eigenvalue weighted by molar-refractivity contribution is 6.19. The first-order chi connectivity index (χ1) is 9.26. The highest BCUT2D eigenvalue weighted by Crippen LogP contribution is 2.37. The smallest absolute Gasteiger partial charge is 0.335 e. The molecule has 0 amide bonds. The van der Waals surface area contributed by atoms with Gasteiger partial charge in [-0.15, -0.1) is 0 Å². The van der Waals surface area contributed by atoms with Crippen LogP contribution in [0, 0.1) is 0 Å². The van der Waals surface area contributed by atoms with E-state index in [-0.39, 0.29) is 24.0 Å². The number of aliphatic carboxylic acids is 1. The molecule has 0 aromatic carbocycles. The van der Waals surface area contributed by atoms with Crippen LogP contribution in [0.2, 0.25) is 0 Å². The van der Waals surface area contributed by atoms with Gasteiger partial charge in [0.2, 0.25) is 0 Å². The minimum absolute atomic E-state index is 0.0299. The Kier molecular flexibility index (Phi) is 4.17. The van der Waals surface area contributed by atoms with Gasteiger partial charge in [-0.2, -0.15) is 0 Å². The highest BCUT2D eigenvalue weighted by atomic mass is 16.4. The van der Waals surface area contributed by atoms with Gasteiger partial charge in [-0.3, -0.25) is 9.59 Å². The molecule has 0 saturated carbocycles. The molecule has 0 bridgehead atoms. The number of hydrogen-bond donors (Lipinski definition) is 4. The van der Waals surface area contributed by atoms with Crippen molar-refractivity contribution in [3.63, 3.8) is 0 Å². The molecule has 0 heterocycles. The summed E-state index contributed by atoms with van der Waals surface area (Å²) in [7, 11) is 0. The summed E-state index contributed by atoms with van der Waals surface area (Å²) in [6, 6.07) is 0. The zero-order valence-corrected chi connectivity index (χ0v) is 12.4. The molecule has 118 valence electrons. The number of ketones is 2. The third-order valence-corrected chi connectivity index (χ3v) is 4.22. The number of carboxylic acids is 1. The highest BCUT2D eigenvalue weighted by Gasteiger charge is 2.57.